The predicted octanol–water partition coefficient (Wildman–Crippen LogP) is 4.25. The Morgan fingerprint density at radius 3 is 2.70 bits per heavy atom. The molecule has 1 fully saturated rings. The SMILES string of the molecule is COc1ccc([C@@]23CCC(OC(=O)COc4ccccc4)=C[C@@H]2N(C)CC3)cc1C. The summed E-state index contributed by atoms with van der Waals surface area (Å²) in [5.74, 6) is 1.96. The second-order valence-electron chi connectivity index (χ2n) is 8.22. The van der Waals surface area contributed by atoms with Crippen molar-refractivity contribution in [3.63, 3.8) is 0 Å². The number of para-hydroxylation sites is 1. The van der Waals surface area contributed by atoms with Crippen molar-refractivity contribution in [1.29, 1.82) is 0 Å². The van der Waals surface area contributed by atoms with Crippen molar-refractivity contribution in [1.82, 2.24) is 4.90 Å². The molecule has 2 aliphatic rings. The van der Waals surface area contributed by atoms with Gasteiger partial charge in [0.05, 0.1) is 7.11 Å². The minimum atomic E-state index is -0.362. The lowest BCUT2D eigenvalue weighted by Crippen LogP contribution is -2.42. The molecule has 0 radical (unpaired) electrons. The Labute approximate surface area is 178 Å². The quantitative estimate of drug-likeness (QED) is 0.670. The highest BCUT2D eigenvalue weighted by Gasteiger charge is 2.48. The Morgan fingerprint density at radius 2 is 1.97 bits per heavy atom. The molecule has 0 bridgehead atoms. The van der Waals surface area contributed by atoms with E-state index in [1.165, 1.54) is 5.56 Å². The number of aryl methyl sites for hydroxylation is 1. The molecule has 2 atom stereocenters. The van der Waals surface area contributed by atoms with Crippen LogP contribution >= 0.6 is 0 Å². The number of carbonyl (C=O) groups excluding carboxylic acids is 1. The maximum Gasteiger partial charge on any atom is 0.349 e. The molecule has 0 unspecified atom stereocenters. The van der Waals surface area contributed by atoms with Crippen LogP contribution in [0.25, 0.3) is 0 Å². The fourth-order valence-electron chi connectivity index (χ4n) is 4.82. The van der Waals surface area contributed by atoms with Gasteiger partial charge in [0.15, 0.2) is 6.61 Å². The van der Waals surface area contributed by atoms with Gasteiger partial charge in [0.1, 0.15) is 17.3 Å². The fraction of sp³-hybridized carbons (Fsp3) is 0.400. The Kier molecular flexibility index (Phi) is 5.82. The first-order chi connectivity index (χ1) is 14.5. The number of nitrogens with zero attached hydrogens (tertiary/aromatic N) is 1. The van der Waals surface area contributed by atoms with E-state index in [1.54, 1.807) is 7.11 Å². The normalized spacial score (nSPS) is 23.4. The number of likely N-dealkylation sites (N-methyl/N-ethyl adjacent to an activating group) is 1. The molecule has 30 heavy (non-hydrogen) atoms. The zero-order chi connectivity index (χ0) is 21.1. The number of fused-ring (bicyclic) bond motifs is 1. The molecule has 0 aromatic heterocycles. The number of hydrogen-bond acceptors (Lipinski definition) is 5. The number of likely N-dealkylation sites (tertiary alicyclic amines) is 1. The number of rotatable bonds is 6. The topological polar surface area (TPSA) is 48.0 Å². The molecule has 0 saturated carbocycles. The zero-order valence-corrected chi connectivity index (χ0v) is 17.9. The third kappa shape index (κ3) is 3.94. The monoisotopic (exact) mass is 407 g/mol. The maximum atomic E-state index is 12.3. The second-order valence-corrected chi connectivity index (χ2v) is 8.22. The number of esters is 1. The van der Waals surface area contributed by atoms with E-state index in [0.29, 0.717) is 5.75 Å². The van der Waals surface area contributed by atoms with Crippen LogP contribution in [-0.2, 0) is 14.9 Å². The van der Waals surface area contributed by atoms with Crippen LogP contribution in [-0.4, -0.2) is 44.2 Å². The summed E-state index contributed by atoms with van der Waals surface area (Å²) in [5, 5.41) is 0. The third-order valence-electron chi connectivity index (χ3n) is 6.43. The number of benzene rings is 2. The summed E-state index contributed by atoms with van der Waals surface area (Å²) >= 11 is 0. The molecule has 0 amide bonds. The van der Waals surface area contributed by atoms with Crippen LogP contribution in [0.3, 0.4) is 0 Å². The van der Waals surface area contributed by atoms with Crippen molar-refractivity contribution >= 4 is 5.97 Å². The summed E-state index contributed by atoms with van der Waals surface area (Å²) in [6.45, 7) is 3.01. The molecule has 1 aliphatic carbocycles. The van der Waals surface area contributed by atoms with Crippen LogP contribution in [0.1, 0.15) is 30.4 Å². The highest BCUT2D eigenvalue weighted by Crippen LogP contribution is 2.48. The van der Waals surface area contributed by atoms with Gasteiger partial charge in [0.25, 0.3) is 0 Å². The van der Waals surface area contributed by atoms with Crippen LogP contribution in [0.4, 0.5) is 0 Å². The van der Waals surface area contributed by atoms with E-state index in [9.17, 15) is 4.79 Å². The van der Waals surface area contributed by atoms with Crippen molar-refractivity contribution in [2.45, 2.75) is 37.6 Å². The molecule has 2 aromatic carbocycles. The molecular formula is C25H29NO4. The minimum Gasteiger partial charge on any atom is -0.496 e. The molecule has 4 rings (SSSR count). The van der Waals surface area contributed by atoms with Gasteiger partial charge in [-0.2, -0.15) is 0 Å². The number of carbonyl (C=O) groups is 1. The van der Waals surface area contributed by atoms with E-state index in [2.05, 4.69) is 43.1 Å². The number of hydrogen-bond donors (Lipinski definition) is 0. The van der Waals surface area contributed by atoms with Gasteiger partial charge in [-0.05, 0) is 68.8 Å². The molecular weight excluding hydrogens is 378 g/mol. The van der Waals surface area contributed by atoms with E-state index in [1.807, 2.05) is 30.3 Å². The Hall–Kier alpha value is -2.79. The molecule has 2 aromatic rings. The van der Waals surface area contributed by atoms with Gasteiger partial charge in [-0.15, -0.1) is 0 Å². The highest BCUT2D eigenvalue weighted by atomic mass is 16.6. The van der Waals surface area contributed by atoms with Gasteiger partial charge in [-0.3, -0.25) is 4.90 Å². The largest absolute Gasteiger partial charge is 0.496 e. The lowest BCUT2D eigenvalue weighted by atomic mass is 9.68. The molecule has 1 heterocycles. The van der Waals surface area contributed by atoms with Gasteiger partial charge in [0, 0.05) is 17.9 Å². The Balaban J connectivity index is 1.48. The van der Waals surface area contributed by atoms with E-state index in [4.69, 9.17) is 14.2 Å². The first-order valence-electron chi connectivity index (χ1n) is 10.5. The van der Waals surface area contributed by atoms with Gasteiger partial charge in [0.2, 0.25) is 0 Å². The maximum absolute atomic E-state index is 12.3. The van der Waals surface area contributed by atoms with Crippen molar-refractivity contribution in [3.8, 4) is 11.5 Å². The summed E-state index contributed by atoms with van der Waals surface area (Å²) < 4.78 is 16.6. The second kappa shape index (κ2) is 8.52. The van der Waals surface area contributed by atoms with Crippen LogP contribution < -0.4 is 9.47 Å². The fourth-order valence-corrected chi connectivity index (χ4v) is 4.82. The van der Waals surface area contributed by atoms with E-state index < -0.39 is 0 Å². The molecule has 0 N–H and O–H groups in total. The molecule has 5 nitrogen and oxygen atoms in total. The first kappa shape index (κ1) is 20.5. The lowest BCUT2D eigenvalue weighted by Gasteiger charge is -2.40. The Bertz CT molecular complexity index is 939. The van der Waals surface area contributed by atoms with Crippen molar-refractivity contribution < 1.29 is 19.0 Å². The van der Waals surface area contributed by atoms with Crippen molar-refractivity contribution in [2.75, 3.05) is 27.3 Å². The number of ether oxygens (including phenoxy) is 3. The van der Waals surface area contributed by atoms with Crippen LogP contribution in [0.2, 0.25) is 0 Å². The van der Waals surface area contributed by atoms with Gasteiger partial charge in [-0.25, -0.2) is 4.79 Å². The van der Waals surface area contributed by atoms with Gasteiger partial charge >= 0.3 is 5.97 Å². The minimum absolute atomic E-state index is 0.0439. The average molecular weight is 408 g/mol. The van der Waals surface area contributed by atoms with Crippen molar-refractivity contribution in [2.24, 2.45) is 0 Å². The molecule has 5 heteroatoms. The highest BCUT2D eigenvalue weighted by molar-refractivity contribution is 5.72. The summed E-state index contributed by atoms with van der Waals surface area (Å²) in [6.07, 6.45) is 4.92. The van der Waals surface area contributed by atoms with Crippen LogP contribution in [0, 0.1) is 6.92 Å². The number of allylic oxidation sites excluding steroid dienone is 1. The average Bonchev–Trinajstić information content (AvgIpc) is 3.10. The lowest BCUT2D eigenvalue weighted by molar-refractivity contribution is -0.142. The predicted molar refractivity (Wildman–Crippen MR) is 116 cm³/mol. The van der Waals surface area contributed by atoms with E-state index in [-0.39, 0.29) is 24.0 Å². The summed E-state index contributed by atoms with van der Waals surface area (Å²) in [7, 11) is 3.85. The van der Waals surface area contributed by atoms with Crippen molar-refractivity contribution in [3.05, 3.63) is 71.5 Å². The van der Waals surface area contributed by atoms with Crippen LogP contribution in [0.15, 0.2) is 60.4 Å². The summed E-state index contributed by atoms with van der Waals surface area (Å²) in [4.78, 5) is 14.7. The standard InChI is InChI=1S/C25H29NO4/c1-18-15-19(9-10-22(18)28-3)25-12-11-21(16-23(25)26(2)14-13-25)30-24(27)17-29-20-7-5-4-6-8-20/h4-10,15-16,23H,11-14,17H2,1-3H3/t23-,25-/m0/s1. The van der Waals surface area contributed by atoms with E-state index in [0.717, 1.165) is 42.9 Å². The smallest absolute Gasteiger partial charge is 0.349 e. The molecule has 0 spiro atoms. The molecule has 158 valence electrons. The van der Waals surface area contributed by atoms with Gasteiger partial charge in [-0.1, -0.05) is 30.3 Å². The zero-order valence-electron chi connectivity index (χ0n) is 17.9. The third-order valence-corrected chi connectivity index (χ3v) is 6.43. The summed E-state index contributed by atoms with van der Waals surface area (Å²) in [5.41, 5.74) is 2.53. The first-order valence-corrected chi connectivity index (χ1v) is 10.5. The molecule has 1 aliphatic heterocycles. The molecule has 1 saturated heterocycles. The van der Waals surface area contributed by atoms with Crippen LogP contribution in [0.5, 0.6) is 11.5 Å². The number of methoxy groups -OCH3 is 1. The Morgan fingerprint density at radius 1 is 1.17 bits per heavy atom. The van der Waals surface area contributed by atoms with E-state index >= 15 is 0 Å². The summed E-state index contributed by atoms with van der Waals surface area (Å²) in [6, 6.07) is 16.0. The van der Waals surface area contributed by atoms with Gasteiger partial charge < -0.3 is 14.2 Å².